The summed E-state index contributed by atoms with van der Waals surface area (Å²) < 4.78 is 0. The van der Waals surface area contributed by atoms with Crippen LogP contribution in [0.3, 0.4) is 0 Å². The van der Waals surface area contributed by atoms with Gasteiger partial charge in [0.05, 0.1) is 23.9 Å². The minimum atomic E-state index is -0.148. The Balaban J connectivity index is 0.000000166. The van der Waals surface area contributed by atoms with Crippen molar-refractivity contribution in [2.45, 2.75) is 128 Å². The van der Waals surface area contributed by atoms with Crippen molar-refractivity contribution in [1.29, 1.82) is 0 Å². The maximum atomic E-state index is 14.0. The van der Waals surface area contributed by atoms with Crippen LogP contribution in [0.4, 0.5) is 11.4 Å². The first kappa shape index (κ1) is 45.5. The van der Waals surface area contributed by atoms with Crippen LogP contribution in [0.5, 0.6) is 0 Å². The molecule has 4 aromatic rings. The monoisotopic (exact) mass is 891 g/mol. The lowest BCUT2D eigenvalue weighted by atomic mass is 9.78. The fourth-order valence-corrected chi connectivity index (χ4v) is 12.7. The number of rotatable bonds is 8. The molecule has 4 heterocycles. The number of hydrogen-bond donors (Lipinski definition) is 4. The maximum Gasteiger partial charge on any atom is 0.251 e. The number of benzene rings is 4. The molecule has 0 bridgehead atoms. The molecule has 4 amide bonds. The van der Waals surface area contributed by atoms with Crippen molar-refractivity contribution in [3.05, 3.63) is 131 Å². The Morgan fingerprint density at radius 3 is 1.24 bits per heavy atom. The third-order valence-electron chi connectivity index (χ3n) is 15.9. The van der Waals surface area contributed by atoms with Gasteiger partial charge in [-0.2, -0.15) is 0 Å². The van der Waals surface area contributed by atoms with Gasteiger partial charge in [-0.25, -0.2) is 0 Å². The molecule has 0 unspecified atom stereocenters. The molecule has 0 aromatic heterocycles. The summed E-state index contributed by atoms with van der Waals surface area (Å²) in [5, 5.41) is 13.9. The normalized spacial score (nSPS) is 28.6. The van der Waals surface area contributed by atoms with E-state index in [1.807, 2.05) is 60.7 Å². The molecule has 10 atom stereocenters. The predicted molar refractivity (Wildman–Crippen MR) is 262 cm³/mol. The number of amides is 4. The van der Waals surface area contributed by atoms with E-state index in [-0.39, 0.29) is 59.6 Å². The van der Waals surface area contributed by atoms with Crippen LogP contribution in [0.25, 0.3) is 0 Å². The van der Waals surface area contributed by atoms with Gasteiger partial charge in [0, 0.05) is 71.6 Å². The van der Waals surface area contributed by atoms with Crippen LogP contribution in [0.1, 0.15) is 136 Å². The molecule has 4 N–H and O–H groups in total. The first-order valence-electron chi connectivity index (χ1n) is 25.1. The summed E-state index contributed by atoms with van der Waals surface area (Å²) in [6.07, 6.45) is 9.66. The Kier molecular flexibility index (Phi) is 13.8. The van der Waals surface area contributed by atoms with Crippen molar-refractivity contribution in [3.63, 3.8) is 0 Å². The standard InChI is InChI=1S/2C28H35N3O2/c2*1-18(2)25-22-16-17-31(26(22)20-12-6-8-14-23(20)29-25)28(33)21-13-7-9-15-24(21)30-27(32)19-10-4-3-5-11-19/h2*3-6,8,10-12,14,18,21-22,24-26,29H,7,9,13,15-17H2,1-2H3,(H,30,32)/t21-,22+,24+,25-,26-;21-,22-,24+,25+,26+/m00/s1. The van der Waals surface area contributed by atoms with Crippen LogP contribution in [0.2, 0.25) is 0 Å². The summed E-state index contributed by atoms with van der Waals surface area (Å²) in [7, 11) is 0. The SMILES string of the molecule is CC(C)[C@@H]1Nc2ccccc2[C@H]2[C@@H]1CCN2C(=O)[C@H]1CCCC[C@H]1NC(=O)c1ccccc1.CC(C)[C@H]1Nc2ccccc2[C@@H]2[C@H]1CCN2C(=O)[C@H]1CCCC[C@H]1NC(=O)c1ccccc1. The highest BCUT2D eigenvalue weighted by Crippen LogP contribution is 2.50. The summed E-state index contributed by atoms with van der Waals surface area (Å²) in [5.41, 5.74) is 6.12. The second kappa shape index (κ2) is 20.1. The summed E-state index contributed by atoms with van der Waals surface area (Å²) in [6.45, 7) is 10.7. The van der Waals surface area contributed by atoms with Crippen molar-refractivity contribution in [2.24, 2.45) is 35.5 Å². The summed E-state index contributed by atoms with van der Waals surface area (Å²) in [5.74, 6) is 1.82. The van der Waals surface area contributed by atoms with Crippen LogP contribution in [0.15, 0.2) is 109 Å². The van der Waals surface area contributed by atoms with Crippen LogP contribution in [-0.2, 0) is 9.59 Å². The van der Waals surface area contributed by atoms with Crippen LogP contribution in [-0.4, -0.2) is 70.7 Å². The zero-order chi connectivity index (χ0) is 45.9. The second-order valence-corrected chi connectivity index (χ2v) is 20.5. The lowest BCUT2D eigenvalue weighted by Gasteiger charge is -2.43. The highest BCUT2D eigenvalue weighted by Gasteiger charge is 2.50. The zero-order valence-corrected chi connectivity index (χ0v) is 39.3. The van der Waals surface area contributed by atoms with Gasteiger partial charge in [0.25, 0.3) is 11.8 Å². The molecule has 348 valence electrons. The first-order chi connectivity index (χ1) is 32.1. The summed E-state index contributed by atoms with van der Waals surface area (Å²) in [6, 6.07) is 36.4. The third-order valence-corrected chi connectivity index (χ3v) is 15.9. The molecule has 10 nitrogen and oxygen atoms in total. The fourth-order valence-electron chi connectivity index (χ4n) is 12.7. The van der Waals surface area contributed by atoms with E-state index in [0.29, 0.717) is 46.9 Å². The lowest BCUT2D eigenvalue weighted by molar-refractivity contribution is -0.139. The van der Waals surface area contributed by atoms with E-state index < -0.39 is 0 Å². The topological polar surface area (TPSA) is 123 Å². The second-order valence-electron chi connectivity index (χ2n) is 20.5. The minimum Gasteiger partial charge on any atom is -0.381 e. The van der Waals surface area contributed by atoms with Crippen LogP contribution < -0.4 is 21.3 Å². The molecule has 66 heavy (non-hydrogen) atoms. The summed E-state index contributed by atoms with van der Waals surface area (Å²) in [4.78, 5) is 58.1. The van der Waals surface area contributed by atoms with E-state index >= 15 is 0 Å². The highest BCUT2D eigenvalue weighted by molar-refractivity contribution is 5.95. The van der Waals surface area contributed by atoms with Gasteiger partial charge in [-0.15, -0.1) is 0 Å². The first-order valence-corrected chi connectivity index (χ1v) is 25.1. The van der Waals surface area contributed by atoms with Crippen molar-refractivity contribution in [3.8, 4) is 0 Å². The predicted octanol–water partition coefficient (Wildman–Crippen LogP) is 10.0. The Morgan fingerprint density at radius 2 is 0.848 bits per heavy atom. The lowest BCUT2D eigenvalue weighted by Crippen LogP contribution is -2.50. The molecule has 6 aliphatic rings. The Labute approximate surface area is 392 Å². The number of para-hydroxylation sites is 2. The molecular formula is C56H70N6O4. The molecule has 2 saturated carbocycles. The number of anilines is 2. The number of carbonyl (C=O) groups excluding carboxylic acids is 4. The Hall–Kier alpha value is -5.64. The Morgan fingerprint density at radius 1 is 0.485 bits per heavy atom. The molecule has 4 fully saturated rings. The fraction of sp³-hybridized carbons (Fsp3) is 0.500. The zero-order valence-electron chi connectivity index (χ0n) is 39.3. The number of nitrogens with zero attached hydrogens (tertiary/aromatic N) is 2. The third kappa shape index (κ3) is 9.21. The number of fused-ring (bicyclic) bond motifs is 6. The quantitative estimate of drug-likeness (QED) is 0.140. The van der Waals surface area contributed by atoms with E-state index in [9.17, 15) is 19.2 Å². The largest absolute Gasteiger partial charge is 0.381 e. The van der Waals surface area contributed by atoms with Crippen molar-refractivity contribution >= 4 is 35.0 Å². The van der Waals surface area contributed by atoms with E-state index in [0.717, 1.165) is 88.7 Å². The number of likely N-dealkylation sites (tertiary alicyclic amines) is 2. The van der Waals surface area contributed by atoms with Crippen molar-refractivity contribution in [1.82, 2.24) is 20.4 Å². The van der Waals surface area contributed by atoms with E-state index in [2.05, 4.69) is 107 Å². The molecule has 2 aliphatic carbocycles. The molecule has 2 saturated heterocycles. The van der Waals surface area contributed by atoms with Gasteiger partial charge in [-0.1, -0.05) is 126 Å². The van der Waals surface area contributed by atoms with Crippen LogP contribution >= 0.6 is 0 Å². The molecule has 10 rings (SSSR count). The molecule has 4 aliphatic heterocycles. The van der Waals surface area contributed by atoms with Crippen molar-refractivity contribution in [2.75, 3.05) is 23.7 Å². The highest BCUT2D eigenvalue weighted by atomic mass is 16.2. The van der Waals surface area contributed by atoms with Crippen LogP contribution in [0, 0.1) is 35.5 Å². The van der Waals surface area contributed by atoms with Gasteiger partial charge in [0.2, 0.25) is 11.8 Å². The number of carbonyl (C=O) groups is 4. The molecule has 0 spiro atoms. The molecular weight excluding hydrogens is 821 g/mol. The van der Waals surface area contributed by atoms with Gasteiger partial charge >= 0.3 is 0 Å². The van der Waals surface area contributed by atoms with Gasteiger partial charge in [-0.3, -0.25) is 19.2 Å². The minimum absolute atomic E-state index is 0.0771. The smallest absolute Gasteiger partial charge is 0.251 e. The number of hydrogen-bond acceptors (Lipinski definition) is 6. The Bertz CT molecular complexity index is 2170. The average Bonchev–Trinajstić information content (AvgIpc) is 4.01. The van der Waals surface area contributed by atoms with E-state index in [1.54, 1.807) is 0 Å². The van der Waals surface area contributed by atoms with E-state index in [4.69, 9.17) is 0 Å². The van der Waals surface area contributed by atoms with Gasteiger partial charge in [0.15, 0.2) is 0 Å². The molecule has 0 radical (unpaired) electrons. The van der Waals surface area contributed by atoms with Gasteiger partial charge < -0.3 is 31.1 Å². The van der Waals surface area contributed by atoms with Gasteiger partial charge in [-0.05, 0) is 97.9 Å². The van der Waals surface area contributed by atoms with E-state index in [1.165, 1.54) is 11.1 Å². The average molecular weight is 891 g/mol. The van der Waals surface area contributed by atoms with Gasteiger partial charge in [0.1, 0.15) is 0 Å². The maximum absolute atomic E-state index is 14.0. The van der Waals surface area contributed by atoms with Crippen molar-refractivity contribution < 1.29 is 19.2 Å². The molecule has 4 aromatic carbocycles. The molecule has 10 heteroatoms. The number of nitrogens with one attached hydrogen (secondary N) is 4. The summed E-state index contributed by atoms with van der Waals surface area (Å²) >= 11 is 0.